The number of alkyl halides is 3. The van der Waals surface area contributed by atoms with E-state index in [1.165, 1.54) is 6.92 Å². The van der Waals surface area contributed by atoms with Crippen molar-refractivity contribution in [1.82, 2.24) is 0 Å². The van der Waals surface area contributed by atoms with E-state index in [1.54, 1.807) is 0 Å². The number of benzene rings is 2. The molecule has 8 heteroatoms. The van der Waals surface area contributed by atoms with Gasteiger partial charge in [-0.3, -0.25) is 0 Å². The number of hydrogen-bond acceptors (Lipinski definition) is 4. The lowest BCUT2D eigenvalue weighted by Crippen LogP contribution is -2.27. The highest BCUT2D eigenvalue weighted by Crippen LogP contribution is 2.41. The summed E-state index contributed by atoms with van der Waals surface area (Å²) in [6.07, 6.45) is -1.16. The summed E-state index contributed by atoms with van der Waals surface area (Å²) in [5.74, 6) is -2.24. The van der Waals surface area contributed by atoms with E-state index >= 15 is 0 Å². The van der Waals surface area contributed by atoms with Crippen molar-refractivity contribution in [2.75, 3.05) is 19.8 Å². The first kappa shape index (κ1) is 25.3. The summed E-state index contributed by atoms with van der Waals surface area (Å²) in [5, 5.41) is 0. The molecule has 33 heavy (non-hydrogen) atoms. The average molecular weight is 471 g/mol. The summed E-state index contributed by atoms with van der Waals surface area (Å²) in [7, 11) is 0. The van der Waals surface area contributed by atoms with Crippen LogP contribution in [0.25, 0.3) is 0 Å². The average Bonchev–Trinajstić information content (AvgIpc) is 2.79. The molecule has 2 aromatic carbocycles. The van der Waals surface area contributed by atoms with Crippen molar-refractivity contribution < 1.29 is 36.5 Å². The van der Waals surface area contributed by atoms with E-state index in [1.807, 2.05) is 24.3 Å². The normalized spacial score (nSPS) is 18.8. The summed E-state index contributed by atoms with van der Waals surface area (Å²) in [6.45, 7) is 4.87. The maximum absolute atomic E-state index is 14.5. The molecule has 1 aliphatic heterocycles. The van der Waals surface area contributed by atoms with Crippen LogP contribution in [0.1, 0.15) is 62.1 Å². The van der Waals surface area contributed by atoms with Gasteiger partial charge in [0, 0.05) is 12.5 Å². The van der Waals surface area contributed by atoms with Crippen molar-refractivity contribution in [2.24, 2.45) is 0 Å². The Hall–Kier alpha value is -2.32. The predicted octanol–water partition coefficient (Wildman–Crippen LogP) is 6.86. The molecule has 1 aliphatic rings. The zero-order valence-electron chi connectivity index (χ0n) is 18.9. The van der Waals surface area contributed by atoms with Crippen LogP contribution < -0.4 is 9.47 Å². The molecule has 2 unspecified atom stereocenters. The maximum atomic E-state index is 14.5. The third kappa shape index (κ3) is 6.84. The molecule has 1 fully saturated rings. The molecule has 0 N–H and O–H groups in total. The number of ether oxygens (including phenoxy) is 4. The number of unbranched alkanes of at least 4 members (excludes halogenated alkanes) is 1. The highest BCUT2D eigenvalue weighted by Gasteiger charge is 2.39. The second-order valence-electron chi connectivity index (χ2n) is 7.97. The fraction of sp³-hybridized carbons (Fsp3) is 0.520. The molecule has 0 amide bonds. The third-order valence-electron chi connectivity index (χ3n) is 5.53. The fourth-order valence-corrected chi connectivity index (χ4v) is 3.72. The molecule has 0 saturated carbocycles. The van der Waals surface area contributed by atoms with Crippen LogP contribution in [-0.4, -0.2) is 26.1 Å². The monoisotopic (exact) mass is 470 g/mol. The summed E-state index contributed by atoms with van der Waals surface area (Å²) >= 11 is 0. The van der Waals surface area contributed by atoms with E-state index in [0.717, 1.165) is 48.9 Å². The third-order valence-corrected chi connectivity index (χ3v) is 5.53. The van der Waals surface area contributed by atoms with Crippen LogP contribution in [0.3, 0.4) is 0 Å². The minimum absolute atomic E-state index is 0.00631. The molecule has 3 rings (SSSR count). The van der Waals surface area contributed by atoms with E-state index in [9.17, 15) is 17.6 Å². The molecular formula is C25H30F4O4. The Morgan fingerprint density at radius 2 is 1.70 bits per heavy atom. The van der Waals surface area contributed by atoms with Gasteiger partial charge in [-0.1, -0.05) is 37.6 Å². The van der Waals surface area contributed by atoms with Crippen molar-refractivity contribution in [1.29, 1.82) is 0 Å². The zero-order chi connectivity index (χ0) is 23.8. The largest absolute Gasteiger partial charge is 0.493 e. The molecule has 4 nitrogen and oxygen atoms in total. The first-order valence-electron chi connectivity index (χ1n) is 11.3. The van der Waals surface area contributed by atoms with E-state index < -0.39 is 29.1 Å². The minimum atomic E-state index is -4.89. The van der Waals surface area contributed by atoms with Gasteiger partial charge in [0.2, 0.25) is 0 Å². The molecule has 182 valence electrons. The molecule has 0 aromatic heterocycles. The van der Waals surface area contributed by atoms with Gasteiger partial charge >= 0.3 is 6.18 Å². The van der Waals surface area contributed by atoms with Gasteiger partial charge in [-0.05, 0) is 49.4 Å². The Morgan fingerprint density at radius 3 is 2.30 bits per heavy atom. The summed E-state index contributed by atoms with van der Waals surface area (Å²) in [4.78, 5) is 0. The highest BCUT2D eigenvalue weighted by atomic mass is 19.4. The SMILES string of the molecule is CCCCOC1CCC(c2ccc(COc3ccc(OCC)c(C(F)(F)F)c3F)cc2)CO1. The van der Waals surface area contributed by atoms with Gasteiger partial charge in [0.25, 0.3) is 0 Å². The van der Waals surface area contributed by atoms with Crippen LogP contribution >= 0.6 is 0 Å². The van der Waals surface area contributed by atoms with E-state index in [0.29, 0.717) is 13.2 Å². The Morgan fingerprint density at radius 1 is 0.970 bits per heavy atom. The Balaban J connectivity index is 1.58. The zero-order valence-corrected chi connectivity index (χ0v) is 18.9. The smallest absolute Gasteiger partial charge is 0.422 e. The van der Waals surface area contributed by atoms with Gasteiger partial charge in [0.05, 0.1) is 13.2 Å². The molecular weight excluding hydrogens is 440 g/mol. The lowest BCUT2D eigenvalue weighted by atomic mass is 9.92. The Bertz CT molecular complexity index is 875. The van der Waals surface area contributed by atoms with Crippen molar-refractivity contribution >= 4 is 0 Å². The lowest BCUT2D eigenvalue weighted by molar-refractivity contribution is -0.167. The van der Waals surface area contributed by atoms with Crippen LogP contribution in [0, 0.1) is 5.82 Å². The van der Waals surface area contributed by atoms with Gasteiger partial charge in [0.1, 0.15) is 17.9 Å². The van der Waals surface area contributed by atoms with E-state index in [-0.39, 0.29) is 25.4 Å². The van der Waals surface area contributed by atoms with Crippen LogP contribution in [-0.2, 0) is 22.3 Å². The number of hydrogen-bond donors (Lipinski definition) is 0. The standard InChI is InChI=1S/C25H30F4O4/c1-3-5-14-31-22-13-10-19(16-33-22)18-8-6-17(7-9-18)15-32-21-12-11-20(30-4-2)23(24(21)26)25(27,28)29/h6-9,11-12,19,22H,3-5,10,13-16H2,1-2H3. The van der Waals surface area contributed by atoms with Crippen LogP contribution in [0.2, 0.25) is 0 Å². The quantitative estimate of drug-likeness (QED) is 0.281. The highest BCUT2D eigenvalue weighted by molar-refractivity contribution is 5.44. The van der Waals surface area contributed by atoms with Crippen LogP contribution in [0.15, 0.2) is 36.4 Å². The van der Waals surface area contributed by atoms with E-state index in [2.05, 4.69) is 6.92 Å². The summed E-state index contributed by atoms with van der Waals surface area (Å²) in [6, 6.07) is 9.78. The molecule has 0 bridgehead atoms. The molecule has 0 spiro atoms. The summed E-state index contributed by atoms with van der Waals surface area (Å²) in [5.41, 5.74) is 0.377. The van der Waals surface area contributed by atoms with Gasteiger partial charge in [-0.15, -0.1) is 0 Å². The van der Waals surface area contributed by atoms with Crippen LogP contribution in [0.5, 0.6) is 11.5 Å². The Labute approximate surface area is 191 Å². The molecule has 1 heterocycles. The first-order chi connectivity index (χ1) is 15.8. The molecule has 2 atom stereocenters. The second kappa shape index (κ2) is 11.7. The number of rotatable bonds is 10. The van der Waals surface area contributed by atoms with Gasteiger partial charge in [0.15, 0.2) is 17.9 Å². The molecule has 0 aliphatic carbocycles. The molecule has 0 radical (unpaired) electrons. The van der Waals surface area contributed by atoms with Crippen molar-refractivity contribution in [3.8, 4) is 11.5 Å². The van der Waals surface area contributed by atoms with Crippen molar-refractivity contribution in [3.05, 3.63) is 58.9 Å². The van der Waals surface area contributed by atoms with Gasteiger partial charge in [-0.25, -0.2) is 4.39 Å². The topological polar surface area (TPSA) is 36.9 Å². The van der Waals surface area contributed by atoms with Gasteiger partial charge < -0.3 is 18.9 Å². The van der Waals surface area contributed by atoms with Crippen molar-refractivity contribution in [2.45, 2.75) is 64.5 Å². The first-order valence-corrected chi connectivity index (χ1v) is 11.3. The van der Waals surface area contributed by atoms with E-state index in [4.69, 9.17) is 18.9 Å². The maximum Gasteiger partial charge on any atom is 0.422 e. The second-order valence-corrected chi connectivity index (χ2v) is 7.97. The lowest BCUT2D eigenvalue weighted by Gasteiger charge is -2.29. The van der Waals surface area contributed by atoms with Gasteiger partial charge in [-0.2, -0.15) is 13.2 Å². The molecule has 2 aromatic rings. The fourth-order valence-electron chi connectivity index (χ4n) is 3.72. The predicted molar refractivity (Wildman–Crippen MR) is 116 cm³/mol. The Kier molecular flexibility index (Phi) is 8.97. The van der Waals surface area contributed by atoms with Crippen LogP contribution in [0.4, 0.5) is 17.6 Å². The van der Waals surface area contributed by atoms with Crippen molar-refractivity contribution in [3.63, 3.8) is 0 Å². The number of halogens is 4. The molecule has 1 saturated heterocycles. The summed E-state index contributed by atoms with van der Waals surface area (Å²) < 4.78 is 76.3. The minimum Gasteiger partial charge on any atom is -0.493 e.